The number of aromatic nitrogens is 3. The van der Waals surface area contributed by atoms with E-state index in [9.17, 15) is 14.3 Å². The van der Waals surface area contributed by atoms with Gasteiger partial charge in [-0.15, -0.1) is 0 Å². The minimum Gasteiger partial charge on any atom is -0.484 e. The van der Waals surface area contributed by atoms with E-state index in [1.165, 1.54) is 12.1 Å². The summed E-state index contributed by atoms with van der Waals surface area (Å²) in [7, 11) is 0. The second-order valence-corrected chi connectivity index (χ2v) is 10.8. The van der Waals surface area contributed by atoms with Gasteiger partial charge in [0, 0.05) is 30.8 Å². The zero-order valence-electron chi connectivity index (χ0n) is 22.3. The van der Waals surface area contributed by atoms with Gasteiger partial charge in [0.2, 0.25) is 5.88 Å². The van der Waals surface area contributed by atoms with E-state index in [4.69, 9.17) is 30.8 Å². The highest BCUT2D eigenvalue weighted by atomic mass is 35.5. The van der Waals surface area contributed by atoms with Gasteiger partial charge in [-0.1, -0.05) is 17.7 Å². The highest BCUT2D eigenvalue weighted by Gasteiger charge is 2.26. The Morgan fingerprint density at radius 1 is 1.10 bits per heavy atom. The second-order valence-electron chi connectivity index (χ2n) is 10.4. The number of likely N-dealkylation sites (tertiary alicyclic amines) is 1. The van der Waals surface area contributed by atoms with Crippen molar-refractivity contribution >= 4 is 28.6 Å². The number of fused-ring (bicyclic) bond motifs is 1. The number of hydrogen-bond acceptors (Lipinski definition) is 7. The van der Waals surface area contributed by atoms with Gasteiger partial charge >= 0.3 is 5.97 Å². The molecule has 0 saturated carbocycles. The zero-order valence-corrected chi connectivity index (χ0v) is 23.1. The van der Waals surface area contributed by atoms with Crippen LogP contribution in [-0.4, -0.2) is 62.4 Å². The molecule has 4 heterocycles. The molecule has 2 aromatic carbocycles. The molecule has 11 heteroatoms. The van der Waals surface area contributed by atoms with Crippen LogP contribution >= 0.6 is 11.6 Å². The number of pyridine rings is 1. The van der Waals surface area contributed by atoms with Crippen molar-refractivity contribution in [1.29, 1.82) is 0 Å². The lowest BCUT2D eigenvalue weighted by Gasteiger charge is -2.32. The average Bonchev–Trinajstić information content (AvgIpc) is 3.27. The van der Waals surface area contributed by atoms with Gasteiger partial charge in [-0.3, -0.25) is 4.90 Å². The molecule has 41 heavy (non-hydrogen) atoms. The first kappa shape index (κ1) is 27.4. The van der Waals surface area contributed by atoms with Crippen LogP contribution in [0, 0.1) is 5.82 Å². The fourth-order valence-corrected chi connectivity index (χ4v) is 5.32. The Labute approximate surface area is 241 Å². The molecule has 2 aliphatic rings. The molecule has 2 fully saturated rings. The van der Waals surface area contributed by atoms with Gasteiger partial charge < -0.3 is 23.9 Å². The first-order chi connectivity index (χ1) is 19.9. The summed E-state index contributed by atoms with van der Waals surface area (Å²) < 4.78 is 33.6. The first-order valence-electron chi connectivity index (χ1n) is 13.7. The third-order valence-corrected chi connectivity index (χ3v) is 7.73. The molecule has 0 amide bonds. The van der Waals surface area contributed by atoms with Crippen LogP contribution in [0.15, 0.2) is 54.6 Å². The fourth-order valence-electron chi connectivity index (χ4n) is 5.17. The van der Waals surface area contributed by atoms with E-state index < -0.39 is 11.8 Å². The van der Waals surface area contributed by atoms with Crippen molar-refractivity contribution in [2.45, 2.75) is 51.2 Å². The Hall–Kier alpha value is -3.73. The van der Waals surface area contributed by atoms with Gasteiger partial charge in [0.15, 0.2) is 11.6 Å². The van der Waals surface area contributed by atoms with Gasteiger partial charge in [-0.2, -0.15) is 0 Å². The van der Waals surface area contributed by atoms with Crippen molar-refractivity contribution in [1.82, 2.24) is 19.4 Å². The number of benzene rings is 2. The fraction of sp³-hybridized carbons (Fsp3) is 0.367. The molecule has 2 aromatic heterocycles. The van der Waals surface area contributed by atoms with Crippen molar-refractivity contribution < 1.29 is 28.5 Å². The van der Waals surface area contributed by atoms with E-state index >= 15 is 0 Å². The third kappa shape index (κ3) is 6.45. The van der Waals surface area contributed by atoms with Crippen molar-refractivity contribution in [3.8, 4) is 11.6 Å². The topological polar surface area (TPSA) is 98.9 Å². The van der Waals surface area contributed by atoms with Crippen LogP contribution in [0.3, 0.4) is 0 Å². The third-order valence-electron chi connectivity index (χ3n) is 7.49. The quantitative estimate of drug-likeness (QED) is 0.269. The largest absolute Gasteiger partial charge is 0.484 e. The smallest absolute Gasteiger partial charge is 0.335 e. The Kier molecular flexibility index (Phi) is 8.04. The standard InChI is InChI=1S/C30H30ClFN4O5/c31-20-5-7-27(24(32)15-20)40-18-21-2-1-3-29(33-21)41-22-8-11-35(12-9-22)17-28-34-25-6-4-19(30(37)38)14-26(25)36(28)16-23-10-13-39-23/h1-7,14-15,22-23H,8-13,16-18H2,(H,37,38)/t23-/m1/s1. The first-order valence-corrected chi connectivity index (χ1v) is 14.1. The molecule has 0 radical (unpaired) electrons. The van der Waals surface area contributed by atoms with Gasteiger partial charge in [0.05, 0.1) is 41.5 Å². The number of hydrogen-bond donors (Lipinski definition) is 1. The van der Waals surface area contributed by atoms with E-state index in [2.05, 4.69) is 14.5 Å². The van der Waals surface area contributed by atoms with E-state index in [-0.39, 0.29) is 30.1 Å². The van der Waals surface area contributed by atoms with Crippen molar-refractivity contribution in [2.24, 2.45) is 0 Å². The Balaban J connectivity index is 1.06. The van der Waals surface area contributed by atoms with E-state index in [0.717, 1.165) is 55.8 Å². The summed E-state index contributed by atoms with van der Waals surface area (Å²) in [5.74, 6) is 0.0623. The number of halogens is 2. The molecule has 1 N–H and O–H groups in total. The lowest BCUT2D eigenvalue weighted by atomic mass is 10.1. The summed E-state index contributed by atoms with van der Waals surface area (Å²) in [5, 5.41) is 9.79. The number of carbonyl (C=O) groups is 1. The molecule has 6 rings (SSSR count). The number of carboxylic acids is 1. The highest BCUT2D eigenvalue weighted by Crippen LogP contribution is 2.26. The van der Waals surface area contributed by atoms with Crippen LogP contribution in [0.1, 0.15) is 41.1 Å². The minimum atomic E-state index is -0.953. The molecule has 214 valence electrons. The van der Waals surface area contributed by atoms with Crippen LogP contribution in [0.4, 0.5) is 4.39 Å². The molecule has 2 saturated heterocycles. The molecule has 1 atom stereocenters. The zero-order chi connectivity index (χ0) is 28.3. The van der Waals surface area contributed by atoms with Crippen LogP contribution in [-0.2, 0) is 24.4 Å². The molecule has 0 bridgehead atoms. The molecule has 2 aliphatic heterocycles. The van der Waals surface area contributed by atoms with Gasteiger partial charge in [0.1, 0.15) is 18.5 Å². The highest BCUT2D eigenvalue weighted by molar-refractivity contribution is 6.30. The predicted octanol–water partition coefficient (Wildman–Crippen LogP) is 5.33. The maximum Gasteiger partial charge on any atom is 0.335 e. The average molecular weight is 581 g/mol. The SMILES string of the molecule is O=C(O)c1ccc2nc(CN3CCC(Oc4cccc(COc5ccc(Cl)cc5F)n4)CC3)n(C[C@H]3CCO3)c2c1. The molecule has 9 nitrogen and oxygen atoms in total. The monoisotopic (exact) mass is 580 g/mol. The molecular formula is C30H30ClFN4O5. The van der Waals surface area contributed by atoms with E-state index in [1.807, 2.05) is 18.2 Å². The molecule has 0 spiro atoms. The number of nitrogens with zero attached hydrogens (tertiary/aromatic N) is 4. The van der Waals surface area contributed by atoms with E-state index in [0.29, 0.717) is 29.7 Å². The number of ether oxygens (including phenoxy) is 3. The maximum atomic E-state index is 14.0. The second kappa shape index (κ2) is 12.0. The summed E-state index contributed by atoms with van der Waals surface area (Å²) in [6.07, 6.45) is 2.78. The maximum absolute atomic E-state index is 14.0. The molecule has 0 unspecified atom stereocenters. The summed E-state index contributed by atoms with van der Waals surface area (Å²) >= 11 is 5.81. The van der Waals surface area contributed by atoms with E-state index in [1.54, 1.807) is 24.3 Å². The summed E-state index contributed by atoms with van der Waals surface area (Å²) in [6, 6.07) is 14.8. The van der Waals surface area contributed by atoms with Crippen LogP contribution in [0.5, 0.6) is 11.6 Å². The number of aromatic carboxylic acids is 1. The number of rotatable bonds is 10. The van der Waals surface area contributed by atoms with Crippen LogP contribution < -0.4 is 9.47 Å². The van der Waals surface area contributed by atoms with Gasteiger partial charge in [0.25, 0.3) is 0 Å². The summed E-state index contributed by atoms with van der Waals surface area (Å²) in [5.41, 5.74) is 2.49. The number of piperidine rings is 1. The normalized spacial score (nSPS) is 17.9. The number of carboxylic acid groups (broad SMARTS) is 1. The van der Waals surface area contributed by atoms with Gasteiger partial charge in [-0.25, -0.2) is 19.2 Å². The molecular weight excluding hydrogens is 551 g/mol. The molecule has 4 aromatic rings. The van der Waals surface area contributed by atoms with Crippen LogP contribution in [0.2, 0.25) is 5.02 Å². The van der Waals surface area contributed by atoms with Crippen molar-refractivity contribution in [2.75, 3.05) is 19.7 Å². The Morgan fingerprint density at radius 3 is 2.66 bits per heavy atom. The van der Waals surface area contributed by atoms with Crippen molar-refractivity contribution in [3.63, 3.8) is 0 Å². The van der Waals surface area contributed by atoms with Crippen molar-refractivity contribution in [3.05, 3.63) is 82.5 Å². The van der Waals surface area contributed by atoms with Gasteiger partial charge in [-0.05, 0) is 61.7 Å². The lowest BCUT2D eigenvalue weighted by Crippen LogP contribution is -2.39. The summed E-state index contributed by atoms with van der Waals surface area (Å²) in [6.45, 7) is 3.83. The predicted molar refractivity (Wildman–Crippen MR) is 150 cm³/mol. The summed E-state index contributed by atoms with van der Waals surface area (Å²) in [4.78, 5) is 23.3. The lowest BCUT2D eigenvalue weighted by molar-refractivity contribution is -0.0592. The Bertz CT molecular complexity index is 1550. The molecule has 0 aliphatic carbocycles. The Morgan fingerprint density at radius 2 is 1.93 bits per heavy atom. The minimum absolute atomic E-state index is 0.0175. The van der Waals surface area contributed by atoms with Crippen LogP contribution in [0.25, 0.3) is 11.0 Å². The number of imidazole rings is 1.